The van der Waals surface area contributed by atoms with Crippen LogP contribution in [0.3, 0.4) is 0 Å². The Morgan fingerprint density at radius 1 is 1.00 bits per heavy atom. The topological polar surface area (TPSA) is 57.2 Å². The number of rotatable bonds is 6. The summed E-state index contributed by atoms with van der Waals surface area (Å²) in [6, 6.07) is 0. The smallest absolute Gasteiger partial charge is 0.200 e. The summed E-state index contributed by atoms with van der Waals surface area (Å²) in [6.45, 7) is 17.6. The van der Waals surface area contributed by atoms with Crippen molar-refractivity contribution in [3.8, 4) is 0 Å². The summed E-state index contributed by atoms with van der Waals surface area (Å²) < 4.78 is 23.8. The van der Waals surface area contributed by atoms with Crippen molar-refractivity contribution in [2.24, 2.45) is 0 Å². The minimum atomic E-state index is -1.96. The van der Waals surface area contributed by atoms with E-state index < -0.39 is 32.6 Å². The maximum Gasteiger partial charge on any atom is 0.200 e. The quantitative estimate of drug-likeness (QED) is 0.747. The first-order valence-electron chi connectivity index (χ1n) is 8.84. The zero-order chi connectivity index (χ0) is 17.6. The van der Waals surface area contributed by atoms with E-state index in [9.17, 15) is 5.11 Å². The van der Waals surface area contributed by atoms with Crippen molar-refractivity contribution in [2.75, 3.05) is 6.61 Å². The summed E-state index contributed by atoms with van der Waals surface area (Å²) in [6.07, 6.45) is -2.02. The van der Waals surface area contributed by atoms with E-state index in [1.807, 2.05) is 13.8 Å². The number of hydrogen-bond donors (Lipinski definition) is 1. The van der Waals surface area contributed by atoms with Crippen molar-refractivity contribution in [2.45, 2.75) is 102 Å². The van der Waals surface area contributed by atoms with Crippen molar-refractivity contribution in [1.29, 1.82) is 0 Å². The van der Waals surface area contributed by atoms with Crippen LogP contribution in [0.4, 0.5) is 0 Å². The second kappa shape index (κ2) is 6.73. The lowest BCUT2D eigenvalue weighted by molar-refractivity contribution is -0.217. The molecule has 6 heteroatoms. The molecule has 0 radical (unpaired) electrons. The van der Waals surface area contributed by atoms with Gasteiger partial charge in [0.25, 0.3) is 0 Å². The molecule has 136 valence electrons. The van der Waals surface area contributed by atoms with Crippen LogP contribution in [0.5, 0.6) is 0 Å². The molecule has 0 aromatic rings. The number of aliphatic hydroxyl groups is 1. The van der Waals surface area contributed by atoms with Crippen LogP contribution < -0.4 is 0 Å². The summed E-state index contributed by atoms with van der Waals surface area (Å²) in [7, 11) is -1.96. The lowest BCUT2D eigenvalue weighted by Crippen LogP contribution is -2.50. The third-order valence-corrected chi connectivity index (χ3v) is 11.4. The second-order valence-electron chi connectivity index (χ2n) is 8.26. The van der Waals surface area contributed by atoms with Crippen molar-refractivity contribution in [1.82, 2.24) is 0 Å². The maximum atomic E-state index is 10.5. The molecule has 0 amide bonds. The number of fused-ring (bicyclic) bond motifs is 1. The molecule has 5 nitrogen and oxygen atoms in total. The van der Waals surface area contributed by atoms with Crippen LogP contribution in [0.1, 0.15) is 55.4 Å². The van der Waals surface area contributed by atoms with Crippen LogP contribution >= 0.6 is 0 Å². The molecule has 0 saturated carbocycles. The molecule has 0 aromatic carbocycles. The van der Waals surface area contributed by atoms with Crippen LogP contribution in [0.25, 0.3) is 0 Å². The monoisotopic (exact) mass is 346 g/mol. The fraction of sp³-hybridized carbons (Fsp3) is 1.00. The van der Waals surface area contributed by atoms with Crippen LogP contribution in [0.15, 0.2) is 0 Å². The molecule has 2 heterocycles. The van der Waals surface area contributed by atoms with Crippen molar-refractivity contribution < 1.29 is 23.7 Å². The van der Waals surface area contributed by atoms with E-state index >= 15 is 0 Å². The Morgan fingerprint density at radius 2 is 1.52 bits per heavy atom. The zero-order valence-electron chi connectivity index (χ0n) is 15.8. The Kier molecular flexibility index (Phi) is 5.66. The molecule has 0 unspecified atom stereocenters. The van der Waals surface area contributed by atoms with Gasteiger partial charge in [-0.25, -0.2) is 0 Å². The molecule has 0 bridgehead atoms. The molecule has 4 atom stereocenters. The van der Waals surface area contributed by atoms with Gasteiger partial charge in [-0.05, 0) is 30.5 Å². The number of hydrogen-bond acceptors (Lipinski definition) is 5. The van der Waals surface area contributed by atoms with Gasteiger partial charge in [0.2, 0.25) is 0 Å². The highest BCUT2D eigenvalue weighted by Gasteiger charge is 2.55. The predicted octanol–water partition coefficient (Wildman–Crippen LogP) is 3.42. The van der Waals surface area contributed by atoms with E-state index in [0.717, 1.165) is 0 Å². The van der Waals surface area contributed by atoms with Crippen LogP contribution in [0.2, 0.25) is 16.6 Å². The normalized spacial score (nSPS) is 33.9. The van der Waals surface area contributed by atoms with Gasteiger partial charge >= 0.3 is 0 Å². The summed E-state index contributed by atoms with van der Waals surface area (Å²) in [5.74, 6) is -0.700. The van der Waals surface area contributed by atoms with Gasteiger partial charge in [0.05, 0.1) is 6.61 Å². The molecule has 1 N–H and O–H groups in total. The Balaban J connectivity index is 2.03. The number of aliphatic hydroxyl groups excluding tert-OH is 1. The largest absolute Gasteiger partial charge is 0.413 e. The minimum Gasteiger partial charge on any atom is -0.413 e. The molecule has 0 aliphatic carbocycles. The summed E-state index contributed by atoms with van der Waals surface area (Å²) >= 11 is 0. The highest BCUT2D eigenvalue weighted by atomic mass is 28.4. The zero-order valence-corrected chi connectivity index (χ0v) is 16.8. The fourth-order valence-corrected chi connectivity index (χ4v) is 9.88. The van der Waals surface area contributed by atoms with Crippen LogP contribution in [-0.2, 0) is 18.6 Å². The summed E-state index contributed by atoms with van der Waals surface area (Å²) in [4.78, 5) is 0. The van der Waals surface area contributed by atoms with E-state index in [4.69, 9.17) is 18.6 Å². The molecule has 2 aliphatic heterocycles. The third-order valence-electron chi connectivity index (χ3n) is 5.32. The van der Waals surface area contributed by atoms with E-state index in [0.29, 0.717) is 23.2 Å². The molecule has 2 aliphatic rings. The highest BCUT2D eigenvalue weighted by Crippen LogP contribution is 2.43. The van der Waals surface area contributed by atoms with Gasteiger partial charge in [0, 0.05) is 0 Å². The Hall–Kier alpha value is 0.0169. The van der Waals surface area contributed by atoms with E-state index in [2.05, 4.69) is 41.5 Å². The molecule has 2 saturated heterocycles. The average Bonchev–Trinajstić information content (AvgIpc) is 2.83. The third kappa shape index (κ3) is 3.53. The molecule has 2 fully saturated rings. The van der Waals surface area contributed by atoms with Gasteiger partial charge in [0.15, 0.2) is 20.4 Å². The van der Waals surface area contributed by atoms with E-state index in [-0.39, 0.29) is 6.10 Å². The van der Waals surface area contributed by atoms with E-state index in [1.54, 1.807) is 0 Å². The first kappa shape index (κ1) is 19.3. The summed E-state index contributed by atoms with van der Waals surface area (Å²) in [5.41, 5.74) is 1.52. The lowest BCUT2D eigenvalue weighted by Gasteiger charge is -2.42. The molecular weight excluding hydrogens is 312 g/mol. The molecule has 2 rings (SSSR count). The van der Waals surface area contributed by atoms with Gasteiger partial charge in [0.1, 0.15) is 18.3 Å². The second-order valence-corrected chi connectivity index (χ2v) is 13.7. The van der Waals surface area contributed by atoms with Gasteiger partial charge in [-0.2, -0.15) is 0 Å². The molecular formula is C17H34O5Si. The SMILES string of the molecule is CC(C)[Si](OC[C@@H]1O[C@H]2OC(C)(C)O[C@H]2[C@@H]1O)(C(C)C)C(C)C. The fourth-order valence-electron chi connectivity index (χ4n) is 4.42. The van der Waals surface area contributed by atoms with Crippen molar-refractivity contribution in [3.05, 3.63) is 0 Å². The number of ether oxygens (including phenoxy) is 3. The Bertz CT molecular complexity index is 388. The van der Waals surface area contributed by atoms with Gasteiger partial charge in [-0.1, -0.05) is 41.5 Å². The lowest BCUT2D eigenvalue weighted by atomic mass is 10.1. The highest BCUT2D eigenvalue weighted by molar-refractivity contribution is 6.77. The Labute approximate surface area is 141 Å². The standard InChI is InChI=1S/C17H34O5Si/c1-10(2)23(11(3)4,12(5)6)19-9-13-14(18)15-16(20-13)22-17(7,8)21-15/h10-16,18H,9H2,1-8H3/t13-,14+,15-,16-/m0/s1. The molecule has 0 spiro atoms. The van der Waals surface area contributed by atoms with Crippen LogP contribution in [-0.4, -0.2) is 50.4 Å². The van der Waals surface area contributed by atoms with Gasteiger partial charge in [-0.15, -0.1) is 0 Å². The molecule has 23 heavy (non-hydrogen) atoms. The van der Waals surface area contributed by atoms with E-state index in [1.165, 1.54) is 0 Å². The first-order valence-corrected chi connectivity index (χ1v) is 11.0. The maximum absolute atomic E-state index is 10.5. The van der Waals surface area contributed by atoms with Gasteiger partial charge in [-0.3, -0.25) is 0 Å². The van der Waals surface area contributed by atoms with Crippen molar-refractivity contribution in [3.63, 3.8) is 0 Å². The Morgan fingerprint density at radius 3 is 1.96 bits per heavy atom. The summed E-state index contributed by atoms with van der Waals surface area (Å²) in [5, 5.41) is 10.5. The van der Waals surface area contributed by atoms with Crippen molar-refractivity contribution >= 4 is 8.32 Å². The first-order chi connectivity index (χ1) is 10.5. The van der Waals surface area contributed by atoms with Gasteiger partial charge < -0.3 is 23.7 Å². The average molecular weight is 347 g/mol. The minimum absolute atomic E-state index is 0.385. The predicted molar refractivity (Wildman–Crippen MR) is 91.7 cm³/mol. The van der Waals surface area contributed by atoms with Crippen LogP contribution in [0, 0.1) is 0 Å². The molecule has 0 aromatic heterocycles.